The summed E-state index contributed by atoms with van der Waals surface area (Å²) in [7, 11) is 0. The topological polar surface area (TPSA) is 49.3 Å². The van der Waals surface area contributed by atoms with Crippen molar-refractivity contribution in [1.29, 1.82) is 0 Å². The van der Waals surface area contributed by atoms with Crippen LogP contribution in [0.4, 0.5) is 5.69 Å². The first-order valence-corrected chi connectivity index (χ1v) is 7.89. The van der Waals surface area contributed by atoms with E-state index in [2.05, 4.69) is 43.8 Å². The summed E-state index contributed by atoms with van der Waals surface area (Å²) < 4.78 is 1.73. The van der Waals surface area contributed by atoms with Crippen molar-refractivity contribution in [3.05, 3.63) is 61.6 Å². The summed E-state index contributed by atoms with van der Waals surface area (Å²) in [6, 6.07) is 12.8. The van der Waals surface area contributed by atoms with Gasteiger partial charge in [0.1, 0.15) is 0 Å². The Bertz CT molecular complexity index is 644. The average Bonchev–Trinajstić information content (AvgIpc) is 2.41. The number of rotatable bonds is 3. The molecule has 0 saturated heterocycles. The summed E-state index contributed by atoms with van der Waals surface area (Å²) in [4.78, 5) is 12.3. The molecule has 0 radical (unpaired) electrons. The second-order valence-corrected chi connectivity index (χ2v) is 6.44. The molecule has 3 nitrogen and oxygen atoms in total. The number of benzene rings is 2. The molecule has 0 aromatic heterocycles. The van der Waals surface area contributed by atoms with Crippen LogP contribution in [-0.4, -0.2) is 11.0 Å². The first-order valence-electron chi connectivity index (χ1n) is 6.02. The van der Waals surface area contributed by atoms with Crippen LogP contribution in [0.5, 0.6) is 0 Å². The van der Waals surface area contributed by atoms with Crippen LogP contribution in [-0.2, 0) is 0 Å². The van der Waals surface area contributed by atoms with Gasteiger partial charge in [-0.2, -0.15) is 0 Å². The maximum atomic E-state index is 12.3. The van der Waals surface area contributed by atoms with Crippen molar-refractivity contribution < 1.29 is 9.90 Å². The minimum absolute atomic E-state index is 0.205. The summed E-state index contributed by atoms with van der Waals surface area (Å²) >= 11 is 5.54. The SMILES string of the molecule is CC(O)c1ccccc1NC(=O)c1cc(I)ccc1Br. The molecule has 104 valence electrons. The highest BCUT2D eigenvalue weighted by Gasteiger charge is 2.14. The lowest BCUT2D eigenvalue weighted by molar-refractivity contribution is 0.102. The van der Waals surface area contributed by atoms with Crippen molar-refractivity contribution in [3.63, 3.8) is 0 Å². The summed E-state index contributed by atoms with van der Waals surface area (Å²) in [5.41, 5.74) is 1.89. The molecule has 0 fully saturated rings. The van der Waals surface area contributed by atoms with E-state index in [9.17, 15) is 9.90 Å². The predicted octanol–water partition coefficient (Wildman–Crippen LogP) is 4.36. The molecule has 5 heteroatoms. The van der Waals surface area contributed by atoms with E-state index in [-0.39, 0.29) is 5.91 Å². The lowest BCUT2D eigenvalue weighted by Gasteiger charge is -2.13. The number of hydrogen-bond acceptors (Lipinski definition) is 2. The van der Waals surface area contributed by atoms with Gasteiger partial charge >= 0.3 is 0 Å². The summed E-state index contributed by atoms with van der Waals surface area (Å²) in [6.45, 7) is 1.67. The molecule has 0 heterocycles. The lowest BCUT2D eigenvalue weighted by atomic mass is 10.1. The number of halogens is 2. The molecule has 2 N–H and O–H groups in total. The number of aliphatic hydroxyl groups is 1. The molecule has 0 saturated carbocycles. The monoisotopic (exact) mass is 445 g/mol. The maximum absolute atomic E-state index is 12.3. The third-order valence-electron chi connectivity index (χ3n) is 2.83. The number of para-hydroxylation sites is 1. The van der Waals surface area contributed by atoms with E-state index in [1.807, 2.05) is 30.3 Å². The zero-order valence-corrected chi connectivity index (χ0v) is 14.5. The van der Waals surface area contributed by atoms with Gasteiger partial charge in [0.2, 0.25) is 0 Å². The van der Waals surface area contributed by atoms with Gasteiger partial charge in [-0.25, -0.2) is 0 Å². The predicted molar refractivity (Wildman–Crippen MR) is 91.9 cm³/mol. The summed E-state index contributed by atoms with van der Waals surface area (Å²) in [5.74, 6) is -0.205. The van der Waals surface area contributed by atoms with Gasteiger partial charge in [0.05, 0.1) is 11.7 Å². The molecular formula is C15H13BrINO2. The zero-order chi connectivity index (χ0) is 14.7. The highest BCUT2D eigenvalue weighted by Crippen LogP contribution is 2.25. The maximum Gasteiger partial charge on any atom is 0.256 e. The fourth-order valence-corrected chi connectivity index (χ4v) is 2.75. The Morgan fingerprint density at radius 3 is 2.70 bits per heavy atom. The fraction of sp³-hybridized carbons (Fsp3) is 0.133. The van der Waals surface area contributed by atoms with Crippen LogP contribution in [0.3, 0.4) is 0 Å². The molecule has 2 aromatic carbocycles. The lowest BCUT2D eigenvalue weighted by Crippen LogP contribution is -2.14. The first-order chi connectivity index (χ1) is 9.49. The number of carbonyl (C=O) groups is 1. The van der Waals surface area contributed by atoms with Gasteiger partial charge in [-0.15, -0.1) is 0 Å². The molecule has 0 aliphatic heterocycles. The van der Waals surface area contributed by atoms with Gasteiger partial charge in [0, 0.05) is 19.3 Å². The molecule has 2 rings (SSSR count). The molecule has 1 unspecified atom stereocenters. The normalized spacial score (nSPS) is 12.0. The highest BCUT2D eigenvalue weighted by atomic mass is 127. The minimum Gasteiger partial charge on any atom is -0.389 e. The number of aliphatic hydroxyl groups excluding tert-OH is 1. The first kappa shape index (κ1) is 15.5. The van der Waals surface area contributed by atoms with E-state index < -0.39 is 6.10 Å². The molecule has 1 amide bonds. The van der Waals surface area contributed by atoms with Crippen LogP contribution >= 0.6 is 38.5 Å². The van der Waals surface area contributed by atoms with E-state index >= 15 is 0 Å². The molecule has 20 heavy (non-hydrogen) atoms. The number of nitrogens with one attached hydrogen (secondary N) is 1. The Hall–Kier alpha value is -0.920. The van der Waals surface area contributed by atoms with Gasteiger partial charge in [-0.05, 0) is 69.7 Å². The van der Waals surface area contributed by atoms with Crippen molar-refractivity contribution in [3.8, 4) is 0 Å². The van der Waals surface area contributed by atoms with Crippen molar-refractivity contribution in [2.24, 2.45) is 0 Å². The molecule has 0 bridgehead atoms. The van der Waals surface area contributed by atoms with Crippen molar-refractivity contribution in [1.82, 2.24) is 0 Å². The summed E-state index contributed by atoms with van der Waals surface area (Å²) in [5, 5.41) is 12.6. The molecule has 0 aliphatic rings. The Labute approximate surface area is 139 Å². The van der Waals surface area contributed by atoms with E-state index in [1.54, 1.807) is 19.1 Å². The summed E-state index contributed by atoms with van der Waals surface area (Å²) in [6.07, 6.45) is -0.633. The third-order valence-corrected chi connectivity index (χ3v) is 4.19. The largest absolute Gasteiger partial charge is 0.389 e. The number of hydrogen-bond donors (Lipinski definition) is 2. The van der Waals surface area contributed by atoms with Gasteiger partial charge < -0.3 is 10.4 Å². The van der Waals surface area contributed by atoms with Crippen LogP contribution < -0.4 is 5.32 Å². The molecule has 1 atom stereocenters. The second kappa shape index (κ2) is 6.69. The van der Waals surface area contributed by atoms with Crippen LogP contribution in [0.15, 0.2) is 46.9 Å². The number of anilines is 1. The Balaban J connectivity index is 2.31. The second-order valence-electron chi connectivity index (χ2n) is 4.34. The number of carbonyl (C=O) groups excluding carboxylic acids is 1. The van der Waals surface area contributed by atoms with E-state index in [0.717, 1.165) is 8.04 Å². The van der Waals surface area contributed by atoms with Gasteiger partial charge in [-0.1, -0.05) is 18.2 Å². The Kier molecular flexibility index (Phi) is 5.17. The molecule has 2 aromatic rings. The Morgan fingerprint density at radius 2 is 2.00 bits per heavy atom. The van der Waals surface area contributed by atoms with E-state index in [4.69, 9.17) is 0 Å². The van der Waals surface area contributed by atoms with Crippen LogP contribution in [0.1, 0.15) is 28.9 Å². The zero-order valence-electron chi connectivity index (χ0n) is 10.7. The highest BCUT2D eigenvalue weighted by molar-refractivity contribution is 14.1. The Morgan fingerprint density at radius 1 is 1.30 bits per heavy atom. The van der Waals surface area contributed by atoms with Crippen LogP contribution in [0.25, 0.3) is 0 Å². The average molecular weight is 446 g/mol. The standard InChI is InChI=1S/C15H13BrINO2/c1-9(19)11-4-2-3-5-14(11)18-15(20)12-8-10(17)6-7-13(12)16/h2-9,19H,1H3,(H,18,20). The van der Waals surface area contributed by atoms with Gasteiger partial charge in [0.15, 0.2) is 0 Å². The number of amides is 1. The van der Waals surface area contributed by atoms with Gasteiger partial charge in [0.25, 0.3) is 5.91 Å². The van der Waals surface area contributed by atoms with E-state index in [0.29, 0.717) is 16.8 Å². The van der Waals surface area contributed by atoms with E-state index in [1.165, 1.54) is 0 Å². The molecule has 0 aliphatic carbocycles. The van der Waals surface area contributed by atoms with Crippen molar-refractivity contribution in [2.45, 2.75) is 13.0 Å². The van der Waals surface area contributed by atoms with Crippen molar-refractivity contribution in [2.75, 3.05) is 5.32 Å². The quantitative estimate of drug-likeness (QED) is 0.689. The van der Waals surface area contributed by atoms with Gasteiger partial charge in [-0.3, -0.25) is 4.79 Å². The third kappa shape index (κ3) is 3.59. The minimum atomic E-state index is -0.633. The van der Waals surface area contributed by atoms with Crippen LogP contribution in [0, 0.1) is 3.57 Å². The molecular weight excluding hydrogens is 433 g/mol. The van der Waals surface area contributed by atoms with Crippen molar-refractivity contribution >= 4 is 50.1 Å². The van der Waals surface area contributed by atoms with Crippen LogP contribution in [0.2, 0.25) is 0 Å². The smallest absolute Gasteiger partial charge is 0.256 e. The fourth-order valence-electron chi connectivity index (χ4n) is 1.84. The molecule has 0 spiro atoms.